The van der Waals surface area contributed by atoms with Crippen LogP contribution in [0.3, 0.4) is 0 Å². The Morgan fingerprint density at radius 2 is 1.04 bits per heavy atom. The molecule has 2 atom stereocenters. The van der Waals surface area contributed by atoms with Gasteiger partial charge >= 0.3 is 19.8 Å². The number of hydrogen-bond donors (Lipinski definition) is 1. The van der Waals surface area contributed by atoms with E-state index in [9.17, 15) is 28.6 Å². The van der Waals surface area contributed by atoms with Gasteiger partial charge in [0.2, 0.25) is 11.6 Å². The minimum atomic E-state index is -4.54. The fourth-order valence-corrected chi connectivity index (χ4v) is 11.5. The largest absolute Gasteiger partial charge is 0.494 e. The van der Waals surface area contributed by atoms with Crippen molar-refractivity contribution in [2.24, 2.45) is 0 Å². The number of phosphoric ester groups is 1. The molecule has 0 aliphatic carbocycles. The summed E-state index contributed by atoms with van der Waals surface area (Å²) in [5.41, 5.74) is 4.86. The number of carbonyl (C=O) groups excluding carboxylic acids is 4. The van der Waals surface area contributed by atoms with Gasteiger partial charge in [0, 0.05) is 33.8 Å². The van der Waals surface area contributed by atoms with E-state index in [2.05, 4.69) is 13.8 Å². The van der Waals surface area contributed by atoms with Crippen molar-refractivity contribution in [3.8, 4) is 11.5 Å². The normalized spacial score (nSPS) is 15.3. The first-order valence-corrected chi connectivity index (χ1v) is 31.1. The predicted octanol–water partition coefficient (Wildman–Crippen LogP) is 14.5. The number of likely N-dealkylation sites (N-methyl/N-ethyl adjacent to an activating group) is 1. The molecule has 6 rings (SSSR count). The van der Waals surface area contributed by atoms with Gasteiger partial charge in [-0.15, -0.1) is 0 Å². The molecule has 0 bridgehead atoms. The standard InChI is InChI=1S/C62H80NO12PS2/c1-6-8-10-12-14-16-37-70-50-30-24-48(25-31-50)42-57-61(66)53-40-46(28-34-55(53)77-57)20-18-22-59(64)72-44-52(45-74-76(68,69)73-39-36-63(3,4)5)75-60(65)23-19-21-47-29-35-56-54(41-47)62(67)58(78-56)43-49-26-32-51(33-27-49)71-38-17-15-13-11-9-7-2/h24-35,40-43,52H,6-23,36-39,44-45H2,1-5H3/p+1/b57-42-,58-43-. The highest BCUT2D eigenvalue weighted by molar-refractivity contribution is 8.05. The summed E-state index contributed by atoms with van der Waals surface area (Å²) < 4.78 is 46.7. The highest BCUT2D eigenvalue weighted by Crippen LogP contribution is 2.44. The van der Waals surface area contributed by atoms with Crippen molar-refractivity contribution >= 4 is 67.0 Å². The molecule has 0 radical (unpaired) electrons. The molecule has 0 spiro atoms. The molecule has 4 aromatic rings. The summed E-state index contributed by atoms with van der Waals surface area (Å²) in [6.45, 7) is 5.24. The Morgan fingerprint density at radius 1 is 0.577 bits per heavy atom. The van der Waals surface area contributed by atoms with E-state index in [0.29, 0.717) is 70.9 Å². The van der Waals surface area contributed by atoms with Crippen LogP contribution < -0.4 is 9.47 Å². The van der Waals surface area contributed by atoms with Crippen LogP contribution >= 0.6 is 31.3 Å². The summed E-state index contributed by atoms with van der Waals surface area (Å²) in [7, 11) is 1.20. The number of aryl methyl sites for hydroxylation is 2. The number of hydrogen-bond acceptors (Lipinski definition) is 13. The maximum Gasteiger partial charge on any atom is 0.472 e. The molecule has 2 unspecified atom stereocenters. The van der Waals surface area contributed by atoms with E-state index in [1.165, 1.54) is 87.7 Å². The molecule has 0 aromatic heterocycles. The van der Waals surface area contributed by atoms with E-state index in [-0.39, 0.29) is 31.0 Å². The lowest BCUT2D eigenvalue weighted by molar-refractivity contribution is -0.870. The second kappa shape index (κ2) is 32.3. The second-order valence-electron chi connectivity index (χ2n) is 21.0. The molecule has 2 aliphatic rings. The number of allylic oxidation sites excluding steroid dienone is 2. The lowest BCUT2D eigenvalue weighted by Crippen LogP contribution is -2.37. The fourth-order valence-electron chi connectivity index (χ4n) is 8.69. The summed E-state index contributed by atoms with van der Waals surface area (Å²) in [5, 5.41) is 0. The molecule has 4 aromatic carbocycles. The van der Waals surface area contributed by atoms with Crippen molar-refractivity contribution in [3.63, 3.8) is 0 Å². The Hall–Kier alpha value is -4.99. The van der Waals surface area contributed by atoms with Crippen LogP contribution in [0.25, 0.3) is 12.2 Å². The minimum Gasteiger partial charge on any atom is -0.494 e. The predicted molar refractivity (Wildman–Crippen MR) is 311 cm³/mol. The van der Waals surface area contributed by atoms with E-state index >= 15 is 0 Å². The Bertz CT molecular complexity index is 2700. The maximum atomic E-state index is 13.5. The van der Waals surface area contributed by atoms with Crippen molar-refractivity contribution in [1.29, 1.82) is 0 Å². The number of unbranched alkanes of at least 4 members (excludes halogenated alkanes) is 10. The van der Waals surface area contributed by atoms with Crippen LogP contribution in [-0.4, -0.2) is 99.7 Å². The number of quaternary nitrogens is 1. The molecule has 16 heteroatoms. The maximum absolute atomic E-state index is 13.5. The Morgan fingerprint density at radius 3 is 1.51 bits per heavy atom. The van der Waals surface area contributed by atoms with Gasteiger partial charge in [0.25, 0.3) is 0 Å². The summed E-state index contributed by atoms with van der Waals surface area (Å²) >= 11 is 2.88. The number of thioether (sulfide) groups is 2. The topological polar surface area (TPSA) is 161 Å². The Balaban J connectivity index is 0.946. The average Bonchev–Trinajstić information content (AvgIpc) is 3.94. The Labute approximate surface area is 471 Å². The highest BCUT2D eigenvalue weighted by atomic mass is 32.2. The number of Topliss-reactive ketones (excluding diaryl/α,β-unsaturated/α-hetero) is 2. The fraction of sp³-hybridized carbons (Fsp3) is 0.484. The smallest absolute Gasteiger partial charge is 0.472 e. The number of ether oxygens (including phenoxy) is 4. The molecular weight excluding hydrogens is 1050 g/mol. The third kappa shape index (κ3) is 21.9. The van der Waals surface area contributed by atoms with Crippen molar-refractivity contribution in [1.82, 2.24) is 0 Å². The van der Waals surface area contributed by atoms with E-state index < -0.39 is 39.1 Å². The third-order valence-corrected chi connectivity index (χ3v) is 16.4. The third-order valence-electron chi connectivity index (χ3n) is 13.2. The van der Waals surface area contributed by atoms with Gasteiger partial charge in [0.1, 0.15) is 31.3 Å². The molecule has 0 saturated heterocycles. The number of carbonyl (C=O) groups is 4. The SMILES string of the molecule is CCCCCCCCOc1ccc(/C=C2\Sc3ccc(CCCC(=O)OCC(COP(=O)(O)OCC[N+](C)(C)C)OC(=O)CCCc4ccc5c(c4)C(=O)/C(=C/c4ccc(OCCCCCCCC)cc4)S5)cc3C2=O)cc1. The zero-order valence-electron chi connectivity index (χ0n) is 46.4. The van der Waals surface area contributed by atoms with Gasteiger partial charge in [-0.25, -0.2) is 4.57 Å². The minimum absolute atomic E-state index is 0.00810. The van der Waals surface area contributed by atoms with E-state index in [1.807, 2.05) is 118 Å². The average molecular weight is 1130 g/mol. The summed E-state index contributed by atoms with van der Waals surface area (Å²) in [4.78, 5) is 66.7. The van der Waals surface area contributed by atoms with Crippen LogP contribution in [0.5, 0.6) is 11.5 Å². The van der Waals surface area contributed by atoms with E-state index in [4.69, 9.17) is 28.0 Å². The molecule has 0 saturated carbocycles. The summed E-state index contributed by atoms with van der Waals surface area (Å²) in [6.07, 6.45) is 18.9. The molecule has 2 heterocycles. The first kappa shape index (κ1) is 62.2. The lowest BCUT2D eigenvalue weighted by Gasteiger charge is -2.24. The van der Waals surface area contributed by atoms with Crippen LogP contribution in [0.1, 0.15) is 160 Å². The van der Waals surface area contributed by atoms with E-state index in [1.54, 1.807) is 0 Å². The summed E-state index contributed by atoms with van der Waals surface area (Å²) in [5.74, 6) is 0.367. The molecule has 1 N–H and O–H groups in total. The van der Waals surface area contributed by atoms with Crippen LogP contribution in [0.15, 0.2) is 105 Å². The number of fused-ring (bicyclic) bond motifs is 2. The zero-order chi connectivity index (χ0) is 55.8. The summed E-state index contributed by atoms with van der Waals surface area (Å²) in [6, 6.07) is 27.1. The number of ketones is 2. The van der Waals surface area contributed by atoms with Crippen LogP contribution in [0.4, 0.5) is 0 Å². The van der Waals surface area contributed by atoms with Crippen LogP contribution in [0, 0.1) is 0 Å². The van der Waals surface area contributed by atoms with Gasteiger partial charge in [-0.2, -0.15) is 0 Å². The number of esters is 2. The zero-order valence-corrected chi connectivity index (χ0v) is 49.0. The number of phosphoric acid groups is 1. The monoisotopic (exact) mass is 1130 g/mol. The Kier molecular flexibility index (Phi) is 25.8. The highest BCUT2D eigenvalue weighted by Gasteiger charge is 2.29. The van der Waals surface area contributed by atoms with Crippen LogP contribution in [0.2, 0.25) is 0 Å². The quantitative estimate of drug-likeness (QED) is 0.0151. The van der Waals surface area contributed by atoms with Gasteiger partial charge in [0.15, 0.2) is 6.10 Å². The molecule has 422 valence electrons. The lowest BCUT2D eigenvalue weighted by atomic mass is 10.0. The first-order chi connectivity index (χ1) is 37.6. The number of rotatable bonds is 36. The molecular formula is C62H81NO12PS2+. The van der Waals surface area contributed by atoms with Gasteiger partial charge in [-0.1, -0.05) is 138 Å². The first-order valence-electron chi connectivity index (χ1n) is 28.0. The second-order valence-corrected chi connectivity index (χ2v) is 24.6. The van der Waals surface area contributed by atoms with Gasteiger partial charge in [-0.05, 0) is 121 Å². The van der Waals surface area contributed by atoms with Crippen molar-refractivity contribution in [2.45, 2.75) is 145 Å². The number of nitrogens with zero attached hydrogens (tertiary/aromatic N) is 1. The molecule has 0 amide bonds. The van der Waals surface area contributed by atoms with Crippen molar-refractivity contribution in [3.05, 3.63) is 128 Å². The van der Waals surface area contributed by atoms with Crippen LogP contribution in [-0.2, 0) is 45.5 Å². The molecule has 0 fully saturated rings. The van der Waals surface area contributed by atoms with Crippen molar-refractivity contribution in [2.75, 3.05) is 60.7 Å². The molecule has 13 nitrogen and oxygen atoms in total. The van der Waals surface area contributed by atoms with Gasteiger partial charge in [-0.3, -0.25) is 28.2 Å². The molecule has 78 heavy (non-hydrogen) atoms. The molecule has 2 aliphatic heterocycles. The van der Waals surface area contributed by atoms with Gasteiger partial charge < -0.3 is 28.3 Å². The van der Waals surface area contributed by atoms with E-state index in [0.717, 1.165) is 56.4 Å². The number of benzene rings is 4. The van der Waals surface area contributed by atoms with Crippen molar-refractivity contribution < 1.29 is 61.1 Å². The van der Waals surface area contributed by atoms with Gasteiger partial charge in [0.05, 0.1) is 50.8 Å².